The first kappa shape index (κ1) is 105. The van der Waals surface area contributed by atoms with Gasteiger partial charge in [0.1, 0.15) is 84.3 Å². The highest BCUT2D eigenvalue weighted by atomic mass is 16.4. The number of aliphatic hydroxyl groups excluding tert-OH is 1. The van der Waals surface area contributed by atoms with E-state index in [2.05, 4.69) is 69.1 Å². The molecule has 0 aliphatic rings. The summed E-state index contributed by atoms with van der Waals surface area (Å²) < 4.78 is 0. The zero-order chi connectivity index (χ0) is 87.4. The number of phenolic OH excluding ortho intramolecular Hbond substituents is 1. The van der Waals surface area contributed by atoms with E-state index in [1.54, 1.807) is 27.7 Å². The number of nitrogens with two attached hydrogens (primary N) is 9. The van der Waals surface area contributed by atoms with Crippen molar-refractivity contribution in [1.82, 2.24) is 69.1 Å². The number of benzene rings is 1. The number of carboxylic acids is 1. The molecular formula is C77H142N22O17. The molecule has 0 fully saturated rings. The fraction of sp³-hybridized carbons (Fsp3) is 0.740. The van der Waals surface area contributed by atoms with Crippen LogP contribution < -0.4 is 121 Å². The van der Waals surface area contributed by atoms with Crippen LogP contribution in [0.3, 0.4) is 0 Å². The molecule has 1 aromatic carbocycles. The van der Waals surface area contributed by atoms with Crippen molar-refractivity contribution in [3.05, 3.63) is 29.8 Å². The van der Waals surface area contributed by atoms with Gasteiger partial charge in [-0.25, -0.2) is 4.79 Å². The van der Waals surface area contributed by atoms with Crippen LogP contribution in [-0.4, -0.2) is 241 Å². The van der Waals surface area contributed by atoms with Crippen molar-refractivity contribution in [3.63, 3.8) is 0 Å². The number of carbonyl (C=O) groups is 14. The van der Waals surface area contributed by atoms with Gasteiger partial charge in [0.25, 0.3) is 0 Å². The third-order valence-corrected chi connectivity index (χ3v) is 19.4. The number of amides is 13. The van der Waals surface area contributed by atoms with E-state index in [-0.39, 0.29) is 96.3 Å². The minimum Gasteiger partial charge on any atom is -0.508 e. The summed E-state index contributed by atoms with van der Waals surface area (Å²) in [6.07, 6.45) is 5.86. The van der Waals surface area contributed by atoms with Gasteiger partial charge in [0.2, 0.25) is 76.8 Å². The summed E-state index contributed by atoms with van der Waals surface area (Å²) in [5, 5.41) is 65.3. The summed E-state index contributed by atoms with van der Waals surface area (Å²) in [5.41, 5.74) is 52.5. The van der Waals surface area contributed by atoms with Gasteiger partial charge in [-0.05, 0) is 250 Å². The summed E-state index contributed by atoms with van der Waals surface area (Å²) >= 11 is 0. The van der Waals surface area contributed by atoms with E-state index in [1.165, 1.54) is 45.0 Å². The van der Waals surface area contributed by atoms with Crippen LogP contribution in [0.5, 0.6) is 5.75 Å². The second-order valence-corrected chi connectivity index (χ2v) is 30.2. The van der Waals surface area contributed by atoms with E-state index in [9.17, 15) is 82.4 Å². The quantitative estimate of drug-likeness (QED) is 0.0273. The summed E-state index contributed by atoms with van der Waals surface area (Å²) in [6, 6.07) is -13.1. The number of hydrogen-bond acceptors (Lipinski definition) is 25. The zero-order valence-electron chi connectivity index (χ0n) is 69.2. The van der Waals surface area contributed by atoms with Crippen LogP contribution in [0, 0.1) is 11.8 Å². The van der Waals surface area contributed by atoms with Gasteiger partial charge in [0, 0.05) is 6.42 Å². The molecule has 0 heterocycles. The Kier molecular flexibility index (Phi) is 54.2. The molecule has 0 radical (unpaired) electrons. The Balaban J connectivity index is 3.51. The average molecular weight is 1650 g/mol. The molecule has 0 spiro atoms. The van der Waals surface area contributed by atoms with Crippen LogP contribution in [0.1, 0.15) is 208 Å². The molecule has 0 saturated heterocycles. The molecule has 0 saturated carbocycles. The highest BCUT2D eigenvalue weighted by Gasteiger charge is 2.39. The van der Waals surface area contributed by atoms with Crippen LogP contribution in [0.15, 0.2) is 24.3 Å². The Bertz CT molecular complexity index is 3160. The molecule has 0 aliphatic heterocycles. The first-order valence-electron chi connectivity index (χ1n) is 41.1. The van der Waals surface area contributed by atoms with E-state index in [0.717, 1.165) is 0 Å². The fourth-order valence-corrected chi connectivity index (χ4v) is 12.2. The van der Waals surface area contributed by atoms with Crippen LogP contribution in [0.2, 0.25) is 0 Å². The lowest BCUT2D eigenvalue weighted by molar-refractivity contribution is -0.142. The maximum atomic E-state index is 14.7. The van der Waals surface area contributed by atoms with E-state index < -0.39 is 185 Å². The lowest BCUT2D eigenvalue weighted by Gasteiger charge is -2.30. The molecule has 13 amide bonds. The number of nitrogens with one attached hydrogen (secondary N) is 13. The van der Waals surface area contributed by atoms with Crippen molar-refractivity contribution in [2.75, 3.05) is 52.4 Å². The number of carboxylic acid groups (broad SMARTS) is 1. The lowest BCUT2D eigenvalue weighted by atomic mass is 9.98. The number of phenols is 1. The molecule has 0 unspecified atom stereocenters. The molecule has 1 rings (SSSR count). The van der Waals surface area contributed by atoms with Gasteiger partial charge in [-0.1, -0.05) is 46.2 Å². The van der Waals surface area contributed by atoms with Gasteiger partial charge in [0.05, 0.1) is 12.1 Å². The first-order valence-corrected chi connectivity index (χ1v) is 41.1. The third-order valence-electron chi connectivity index (χ3n) is 19.4. The second kappa shape index (κ2) is 59.8. The molecule has 39 nitrogen and oxygen atoms in total. The molecule has 0 aliphatic carbocycles. The Labute approximate surface area is 682 Å². The number of aliphatic hydroxyl groups is 1. The molecular weight excluding hydrogens is 1500 g/mol. The topological polar surface area (TPSA) is 690 Å². The molecule has 1 aromatic rings. The number of aromatic hydroxyl groups is 1. The number of carbonyl (C=O) groups excluding carboxylic acids is 13. The summed E-state index contributed by atoms with van der Waals surface area (Å²) in [5.74, 6) is -13.5. The van der Waals surface area contributed by atoms with E-state index in [1.807, 2.05) is 0 Å². The Hall–Kier alpha value is -8.80. The maximum absolute atomic E-state index is 14.7. The summed E-state index contributed by atoms with van der Waals surface area (Å²) in [7, 11) is 0. The predicted molar refractivity (Wildman–Crippen MR) is 438 cm³/mol. The Morgan fingerprint density at radius 3 is 0.828 bits per heavy atom. The molecule has 116 heavy (non-hydrogen) atoms. The van der Waals surface area contributed by atoms with Crippen molar-refractivity contribution in [3.8, 4) is 5.75 Å². The van der Waals surface area contributed by atoms with Gasteiger partial charge in [-0.3, -0.25) is 62.3 Å². The zero-order valence-corrected chi connectivity index (χ0v) is 69.2. The minimum absolute atomic E-state index is 0.0105. The standard InChI is InChI=1S/C77H142N22O17/c1-45(2)61(98-75(113)62(46(3)4)97-72(110)58(30-14-22-42-84)93-69(107)55(27-11-19-39-81)90-67(105)53(25-9-17-37-79)89-66(104)52(86)24-8-16-36-78)74(112)88-47(5)64(102)87-48(6)65(103)99-63(49(7)100)76(114)96-60(44-50-32-34-51(101)35-33-50)73(111)94-56(28-12-20-40-82)70(108)91-54(26-10-18-38-80)68(106)92-57(29-13-21-41-83)71(109)95-59(77(115)116)31-15-23-43-85/h32-35,45-49,52-63,100-101H,8-31,36-44,78-86H2,1-7H3,(H,87,102)(H,88,112)(H,89,104)(H,90,105)(H,91,108)(H,92,106)(H,93,107)(H,94,111)(H,95,109)(H,96,114)(H,97,110)(H,98,113)(H,99,103)(H,115,116)/t47-,48-,49+,52-,53-,54-,55-,56-,57-,58-,59-,60-,61-,62-,63-/m0/s1. The molecule has 0 bridgehead atoms. The summed E-state index contributed by atoms with van der Waals surface area (Å²) in [6.45, 7) is 12.5. The smallest absolute Gasteiger partial charge is 0.326 e. The molecule has 0 aromatic heterocycles. The van der Waals surface area contributed by atoms with E-state index in [4.69, 9.17) is 51.6 Å². The first-order chi connectivity index (χ1) is 55.1. The van der Waals surface area contributed by atoms with Crippen molar-refractivity contribution in [2.45, 2.75) is 300 Å². The van der Waals surface area contributed by atoms with Crippen molar-refractivity contribution < 1.29 is 82.4 Å². The van der Waals surface area contributed by atoms with Crippen LogP contribution in [0.4, 0.5) is 0 Å². The van der Waals surface area contributed by atoms with Crippen LogP contribution in [0.25, 0.3) is 0 Å². The van der Waals surface area contributed by atoms with E-state index >= 15 is 0 Å². The highest BCUT2D eigenvalue weighted by molar-refractivity contribution is 6.00. The van der Waals surface area contributed by atoms with Crippen molar-refractivity contribution >= 4 is 82.8 Å². The summed E-state index contributed by atoms with van der Waals surface area (Å²) in [4.78, 5) is 196. The van der Waals surface area contributed by atoms with Crippen LogP contribution >= 0.6 is 0 Å². The van der Waals surface area contributed by atoms with Gasteiger partial charge in [0.15, 0.2) is 0 Å². The molecule has 15 atom stereocenters. The van der Waals surface area contributed by atoms with Crippen molar-refractivity contribution in [1.29, 1.82) is 0 Å². The number of aliphatic carboxylic acids is 1. The Morgan fingerprint density at radius 2 is 0.517 bits per heavy atom. The molecule has 662 valence electrons. The van der Waals surface area contributed by atoms with Crippen LogP contribution in [-0.2, 0) is 73.5 Å². The number of unbranched alkanes of at least 4 members (excludes halogenated alkanes) is 8. The number of hydrogen-bond donors (Lipinski definition) is 25. The monoisotopic (exact) mass is 1650 g/mol. The SMILES string of the molecule is CC(C)[C@H](NC(=O)[C@H](CCCCN)NC(=O)[C@H](CCCCN)NC(=O)[C@H](CCCCN)NC(=O)[C@@H](N)CCCCN)C(=O)N[C@H](C(=O)N[C@@H](C)C(=O)N[C@@H](C)C(=O)N[C@H](C(=O)N[C@@H](Cc1ccc(O)cc1)C(=O)N[C@@H](CCCCN)C(=O)N[C@@H](CCCCN)C(=O)N[C@@H](CCCCN)C(=O)N[C@@H](CCCCN)C(=O)O)[C@@H](C)O)C(C)C. The second-order valence-electron chi connectivity index (χ2n) is 30.2. The highest BCUT2D eigenvalue weighted by Crippen LogP contribution is 2.17. The van der Waals surface area contributed by atoms with Gasteiger partial charge in [-0.2, -0.15) is 0 Å². The van der Waals surface area contributed by atoms with Gasteiger partial charge in [-0.15, -0.1) is 0 Å². The predicted octanol–water partition coefficient (Wildman–Crippen LogP) is -4.59. The van der Waals surface area contributed by atoms with Gasteiger partial charge < -0.3 is 136 Å². The normalized spacial score (nSPS) is 15.2. The largest absolute Gasteiger partial charge is 0.508 e. The average Bonchev–Trinajstić information content (AvgIpc) is 0.852. The fourth-order valence-electron chi connectivity index (χ4n) is 12.2. The van der Waals surface area contributed by atoms with Gasteiger partial charge >= 0.3 is 5.97 Å². The third kappa shape index (κ3) is 41.9. The molecule has 34 N–H and O–H groups in total. The number of rotatable bonds is 64. The maximum Gasteiger partial charge on any atom is 0.326 e. The minimum atomic E-state index is -1.82. The molecule has 39 heteroatoms. The Morgan fingerprint density at radius 1 is 0.284 bits per heavy atom. The van der Waals surface area contributed by atoms with Crippen molar-refractivity contribution in [2.24, 2.45) is 63.4 Å². The van der Waals surface area contributed by atoms with E-state index in [0.29, 0.717) is 128 Å². The lowest BCUT2D eigenvalue weighted by Crippen LogP contribution is -2.62.